The second-order valence-corrected chi connectivity index (χ2v) is 5.62. The summed E-state index contributed by atoms with van der Waals surface area (Å²) in [7, 11) is 0. The van der Waals surface area contributed by atoms with E-state index in [1.54, 1.807) is 6.20 Å². The summed E-state index contributed by atoms with van der Waals surface area (Å²) in [6.07, 6.45) is 6.34. The molecule has 1 saturated heterocycles. The van der Waals surface area contributed by atoms with Crippen LogP contribution < -0.4 is 5.43 Å². The van der Waals surface area contributed by atoms with E-state index in [0.29, 0.717) is 11.9 Å². The Labute approximate surface area is 124 Å². The number of hydrogen-bond acceptors (Lipinski definition) is 2. The first kappa shape index (κ1) is 13.9. The van der Waals surface area contributed by atoms with E-state index < -0.39 is 0 Å². The summed E-state index contributed by atoms with van der Waals surface area (Å²) in [5.74, 6) is 0.144. The van der Waals surface area contributed by atoms with Crippen molar-refractivity contribution in [3.05, 3.63) is 46.8 Å². The van der Waals surface area contributed by atoms with Gasteiger partial charge in [-0.3, -0.25) is 9.59 Å². The van der Waals surface area contributed by atoms with E-state index in [-0.39, 0.29) is 11.3 Å². The van der Waals surface area contributed by atoms with Gasteiger partial charge in [0.15, 0.2) is 5.43 Å². The highest BCUT2D eigenvalue weighted by atomic mass is 16.2. The molecule has 0 unspecified atom stereocenters. The molecule has 1 aliphatic heterocycles. The van der Waals surface area contributed by atoms with Gasteiger partial charge in [0.2, 0.25) is 5.91 Å². The molecule has 2 heterocycles. The average Bonchev–Trinajstić information content (AvgIpc) is 2.79. The lowest BCUT2D eigenvalue weighted by molar-refractivity contribution is -0.131. The third kappa shape index (κ3) is 2.99. The number of hydrogen-bond donors (Lipinski definition) is 0. The number of amides is 1. The standard InChI is InChI=1S/C17H20N2O2/c20-16-9-12-19(15-8-4-3-7-14(15)16)13-17(21)18-10-5-1-2-6-11-18/h3-4,7-9,12H,1-2,5-6,10-11,13H2. The third-order valence-electron chi connectivity index (χ3n) is 4.15. The SMILES string of the molecule is O=C(Cn1ccc(=O)c2ccccc21)N1CCCCCC1. The van der Waals surface area contributed by atoms with Crippen molar-refractivity contribution in [1.29, 1.82) is 0 Å². The zero-order valence-corrected chi connectivity index (χ0v) is 12.1. The third-order valence-corrected chi connectivity index (χ3v) is 4.15. The fraction of sp³-hybridized carbons (Fsp3) is 0.412. The lowest BCUT2D eigenvalue weighted by atomic mass is 10.2. The van der Waals surface area contributed by atoms with Crippen LogP contribution in [0.5, 0.6) is 0 Å². The lowest BCUT2D eigenvalue weighted by Gasteiger charge is -2.21. The molecule has 21 heavy (non-hydrogen) atoms. The lowest BCUT2D eigenvalue weighted by Crippen LogP contribution is -2.34. The van der Waals surface area contributed by atoms with Crippen molar-refractivity contribution in [3.63, 3.8) is 0 Å². The predicted octanol–water partition coefficient (Wildman–Crippen LogP) is 2.40. The molecule has 1 amide bonds. The molecule has 1 aromatic heterocycles. The molecule has 1 fully saturated rings. The Kier molecular flexibility index (Phi) is 4.04. The maximum absolute atomic E-state index is 12.5. The first-order valence-corrected chi connectivity index (χ1v) is 7.62. The minimum absolute atomic E-state index is 0.00377. The van der Waals surface area contributed by atoms with Crippen molar-refractivity contribution in [2.45, 2.75) is 32.2 Å². The van der Waals surface area contributed by atoms with E-state index in [0.717, 1.165) is 31.4 Å². The molecule has 0 aliphatic carbocycles. The summed E-state index contributed by atoms with van der Waals surface area (Å²) in [4.78, 5) is 26.3. The summed E-state index contributed by atoms with van der Waals surface area (Å²) in [6.45, 7) is 2.02. The Morgan fingerprint density at radius 3 is 2.48 bits per heavy atom. The van der Waals surface area contributed by atoms with Gasteiger partial charge in [-0.05, 0) is 25.0 Å². The zero-order chi connectivity index (χ0) is 14.7. The maximum Gasteiger partial charge on any atom is 0.242 e. The van der Waals surface area contributed by atoms with Crippen molar-refractivity contribution >= 4 is 16.8 Å². The first-order chi connectivity index (χ1) is 10.3. The van der Waals surface area contributed by atoms with E-state index in [9.17, 15) is 9.59 Å². The smallest absolute Gasteiger partial charge is 0.242 e. The molecule has 110 valence electrons. The van der Waals surface area contributed by atoms with Crippen LogP contribution >= 0.6 is 0 Å². The van der Waals surface area contributed by atoms with Gasteiger partial charge in [0.1, 0.15) is 6.54 Å². The van der Waals surface area contributed by atoms with Crippen LogP contribution in [0.3, 0.4) is 0 Å². The van der Waals surface area contributed by atoms with Gasteiger partial charge in [0.25, 0.3) is 0 Å². The summed E-state index contributed by atoms with van der Waals surface area (Å²) >= 11 is 0. The van der Waals surface area contributed by atoms with Gasteiger partial charge in [-0.15, -0.1) is 0 Å². The van der Waals surface area contributed by atoms with Gasteiger partial charge in [-0.1, -0.05) is 25.0 Å². The minimum Gasteiger partial charge on any atom is -0.341 e. The first-order valence-electron chi connectivity index (χ1n) is 7.62. The van der Waals surface area contributed by atoms with Crippen molar-refractivity contribution in [2.24, 2.45) is 0 Å². The van der Waals surface area contributed by atoms with Gasteiger partial charge >= 0.3 is 0 Å². The monoisotopic (exact) mass is 284 g/mol. The van der Waals surface area contributed by atoms with Crippen molar-refractivity contribution < 1.29 is 4.79 Å². The predicted molar refractivity (Wildman–Crippen MR) is 83.3 cm³/mol. The number of nitrogens with zero attached hydrogens (tertiary/aromatic N) is 2. The Balaban J connectivity index is 1.86. The molecule has 0 bridgehead atoms. The van der Waals surface area contributed by atoms with Gasteiger partial charge < -0.3 is 9.47 Å². The van der Waals surface area contributed by atoms with E-state index >= 15 is 0 Å². The van der Waals surface area contributed by atoms with Crippen LogP contribution in [0.25, 0.3) is 10.9 Å². The molecule has 4 heteroatoms. The van der Waals surface area contributed by atoms with E-state index in [4.69, 9.17) is 0 Å². The van der Waals surface area contributed by atoms with E-state index in [1.165, 1.54) is 18.9 Å². The molecule has 0 spiro atoms. The molecular formula is C17H20N2O2. The van der Waals surface area contributed by atoms with Crippen LogP contribution in [0.15, 0.2) is 41.3 Å². The molecule has 0 N–H and O–H groups in total. The van der Waals surface area contributed by atoms with E-state index in [1.807, 2.05) is 33.7 Å². The summed E-state index contributed by atoms with van der Waals surface area (Å²) in [5, 5.41) is 0.670. The average molecular weight is 284 g/mol. The summed E-state index contributed by atoms with van der Waals surface area (Å²) < 4.78 is 1.88. The fourth-order valence-electron chi connectivity index (χ4n) is 2.96. The van der Waals surface area contributed by atoms with Crippen molar-refractivity contribution in [3.8, 4) is 0 Å². The number of carbonyl (C=O) groups excluding carboxylic acids is 1. The molecular weight excluding hydrogens is 264 g/mol. The van der Waals surface area contributed by atoms with Crippen LogP contribution in [0.1, 0.15) is 25.7 Å². The van der Waals surface area contributed by atoms with E-state index in [2.05, 4.69) is 0 Å². The van der Waals surface area contributed by atoms with Crippen molar-refractivity contribution in [2.75, 3.05) is 13.1 Å². The Hall–Kier alpha value is -2.10. The molecule has 0 saturated carbocycles. The Morgan fingerprint density at radius 2 is 1.71 bits per heavy atom. The Morgan fingerprint density at radius 1 is 1.00 bits per heavy atom. The van der Waals surface area contributed by atoms with Crippen LogP contribution in [0.4, 0.5) is 0 Å². The molecule has 1 aromatic carbocycles. The number of rotatable bonds is 2. The summed E-state index contributed by atoms with van der Waals surface area (Å²) in [6, 6.07) is 8.99. The van der Waals surface area contributed by atoms with Gasteiger partial charge in [0.05, 0.1) is 5.52 Å². The quantitative estimate of drug-likeness (QED) is 0.850. The highest BCUT2D eigenvalue weighted by Crippen LogP contribution is 2.13. The molecule has 2 aromatic rings. The number of para-hydroxylation sites is 1. The summed E-state index contributed by atoms with van der Waals surface area (Å²) in [5.41, 5.74) is 0.831. The van der Waals surface area contributed by atoms with Crippen LogP contribution in [0.2, 0.25) is 0 Å². The number of aromatic nitrogens is 1. The second kappa shape index (κ2) is 6.12. The molecule has 4 nitrogen and oxygen atoms in total. The van der Waals surface area contributed by atoms with Crippen LogP contribution in [-0.2, 0) is 11.3 Å². The topological polar surface area (TPSA) is 42.3 Å². The van der Waals surface area contributed by atoms with Crippen LogP contribution in [0, 0.1) is 0 Å². The molecule has 0 radical (unpaired) electrons. The largest absolute Gasteiger partial charge is 0.341 e. The highest BCUT2D eigenvalue weighted by Gasteiger charge is 2.16. The van der Waals surface area contributed by atoms with Gasteiger partial charge in [-0.2, -0.15) is 0 Å². The fourth-order valence-corrected chi connectivity index (χ4v) is 2.96. The highest BCUT2D eigenvalue weighted by molar-refractivity contribution is 5.82. The zero-order valence-electron chi connectivity index (χ0n) is 12.1. The second-order valence-electron chi connectivity index (χ2n) is 5.62. The normalized spacial score (nSPS) is 15.9. The Bertz CT molecular complexity index is 697. The number of benzene rings is 1. The minimum atomic E-state index is 0.00377. The molecule has 1 aliphatic rings. The van der Waals surface area contributed by atoms with Gasteiger partial charge in [-0.25, -0.2) is 0 Å². The van der Waals surface area contributed by atoms with Crippen molar-refractivity contribution in [1.82, 2.24) is 9.47 Å². The van der Waals surface area contributed by atoms with Gasteiger partial charge in [0, 0.05) is 30.7 Å². The number of fused-ring (bicyclic) bond motifs is 1. The maximum atomic E-state index is 12.5. The number of carbonyl (C=O) groups is 1. The molecule has 3 rings (SSSR count). The molecule has 0 atom stereocenters. The van der Waals surface area contributed by atoms with Crippen LogP contribution in [-0.4, -0.2) is 28.5 Å². The number of pyridine rings is 1. The number of likely N-dealkylation sites (tertiary alicyclic amines) is 1.